The molecule has 0 bridgehead atoms. The lowest BCUT2D eigenvalue weighted by atomic mass is 10.0. The number of terminal acetylenes is 2. The predicted molar refractivity (Wildman–Crippen MR) is 135 cm³/mol. The predicted octanol–water partition coefficient (Wildman–Crippen LogP) is 5.26. The van der Waals surface area contributed by atoms with Gasteiger partial charge in [0.25, 0.3) is 0 Å². The first kappa shape index (κ1) is 26.0. The molecule has 0 N–H and O–H groups in total. The highest BCUT2D eigenvalue weighted by Gasteiger charge is 2.39. The van der Waals surface area contributed by atoms with Crippen LogP contribution in [0.4, 0.5) is 0 Å². The standard InChI is InChI=1S/C13H21NO.C12H17N.2C2H2/c15-13(10-4-1-2-5-10)14-8-11-6-3-7-12(11)9-14;1-2-6-12(7-3-1)8-11-13-9-4-5-10-13;2*1-2/h10-12H,1-9H2;1-3,6-7H,4-5,8-11H2;2*1-2H. The van der Waals surface area contributed by atoms with Crippen LogP contribution in [0.5, 0.6) is 0 Å². The summed E-state index contributed by atoms with van der Waals surface area (Å²) in [6.45, 7) is 6.03. The van der Waals surface area contributed by atoms with Gasteiger partial charge in [0.2, 0.25) is 5.91 Å². The van der Waals surface area contributed by atoms with Crippen molar-refractivity contribution in [2.24, 2.45) is 17.8 Å². The molecular weight excluding hydrogens is 392 g/mol. The Morgan fingerprint density at radius 2 is 1.34 bits per heavy atom. The first-order valence-corrected chi connectivity index (χ1v) is 12.5. The molecule has 1 aromatic carbocycles. The monoisotopic (exact) mass is 434 g/mol. The zero-order valence-corrected chi connectivity index (χ0v) is 19.8. The second kappa shape index (κ2) is 14.8. The fraction of sp³-hybridized carbons (Fsp3) is 0.621. The van der Waals surface area contributed by atoms with Crippen LogP contribution in [0, 0.1) is 43.4 Å². The van der Waals surface area contributed by atoms with Crippen molar-refractivity contribution in [3.05, 3.63) is 35.9 Å². The van der Waals surface area contributed by atoms with Crippen molar-refractivity contribution >= 4 is 5.91 Å². The van der Waals surface area contributed by atoms with Gasteiger partial charge >= 0.3 is 0 Å². The van der Waals surface area contributed by atoms with Crippen LogP contribution in [-0.4, -0.2) is 48.4 Å². The number of hydrogen-bond donors (Lipinski definition) is 0. The fourth-order valence-corrected chi connectivity index (χ4v) is 5.78. The molecule has 4 aliphatic rings. The molecule has 5 rings (SSSR count). The van der Waals surface area contributed by atoms with Gasteiger partial charge in [-0.25, -0.2) is 0 Å². The van der Waals surface area contributed by atoms with Crippen LogP contribution in [0.3, 0.4) is 0 Å². The van der Waals surface area contributed by atoms with E-state index in [-0.39, 0.29) is 0 Å². The molecule has 174 valence electrons. The quantitative estimate of drug-likeness (QED) is 0.604. The molecule has 32 heavy (non-hydrogen) atoms. The number of benzene rings is 1. The van der Waals surface area contributed by atoms with E-state index in [9.17, 15) is 4.79 Å². The van der Waals surface area contributed by atoms with Gasteiger partial charge in [-0.05, 0) is 75.4 Å². The summed E-state index contributed by atoms with van der Waals surface area (Å²) in [7, 11) is 0. The maximum absolute atomic E-state index is 12.2. The van der Waals surface area contributed by atoms with Crippen LogP contribution in [0.1, 0.15) is 63.4 Å². The molecule has 2 unspecified atom stereocenters. The van der Waals surface area contributed by atoms with Gasteiger partial charge in [0.1, 0.15) is 0 Å². The zero-order valence-electron chi connectivity index (χ0n) is 19.8. The molecular formula is C29H42N2O. The number of rotatable bonds is 4. The second-order valence-corrected chi connectivity index (χ2v) is 9.46. The molecule has 2 atom stereocenters. The second-order valence-electron chi connectivity index (χ2n) is 9.46. The number of likely N-dealkylation sites (tertiary alicyclic amines) is 2. The zero-order chi connectivity index (χ0) is 23.2. The molecule has 0 spiro atoms. The van der Waals surface area contributed by atoms with E-state index in [1.165, 1.54) is 76.6 Å². The molecule has 0 radical (unpaired) electrons. The number of hydrogen-bond acceptors (Lipinski definition) is 2. The summed E-state index contributed by atoms with van der Waals surface area (Å²) in [4.78, 5) is 17.0. The van der Waals surface area contributed by atoms with Crippen molar-refractivity contribution in [2.75, 3.05) is 32.7 Å². The van der Waals surface area contributed by atoms with Crippen LogP contribution in [0.2, 0.25) is 0 Å². The molecule has 2 heterocycles. The van der Waals surface area contributed by atoms with E-state index in [1.807, 2.05) is 0 Å². The Bertz CT molecular complexity index is 665. The third-order valence-corrected chi connectivity index (χ3v) is 7.50. The van der Waals surface area contributed by atoms with Crippen LogP contribution < -0.4 is 0 Å². The van der Waals surface area contributed by atoms with Crippen LogP contribution in [0.15, 0.2) is 30.3 Å². The topological polar surface area (TPSA) is 23.6 Å². The van der Waals surface area contributed by atoms with Crippen molar-refractivity contribution in [3.63, 3.8) is 0 Å². The van der Waals surface area contributed by atoms with Crippen molar-refractivity contribution < 1.29 is 4.79 Å². The van der Waals surface area contributed by atoms with E-state index in [1.54, 1.807) is 0 Å². The lowest BCUT2D eigenvalue weighted by Crippen LogP contribution is -2.34. The highest BCUT2D eigenvalue weighted by atomic mass is 16.2. The molecule has 2 saturated carbocycles. The number of carbonyl (C=O) groups is 1. The van der Waals surface area contributed by atoms with Gasteiger partial charge in [-0.15, -0.1) is 25.7 Å². The Kier molecular flexibility index (Phi) is 12.0. The molecule has 2 aliphatic carbocycles. The van der Waals surface area contributed by atoms with E-state index >= 15 is 0 Å². The maximum Gasteiger partial charge on any atom is 0.225 e. The summed E-state index contributed by atoms with van der Waals surface area (Å²) in [5.41, 5.74) is 1.47. The summed E-state index contributed by atoms with van der Waals surface area (Å²) >= 11 is 0. The highest BCUT2D eigenvalue weighted by molar-refractivity contribution is 5.79. The van der Waals surface area contributed by atoms with Gasteiger partial charge in [0.05, 0.1) is 0 Å². The Labute approximate surface area is 196 Å². The number of fused-ring (bicyclic) bond motifs is 1. The van der Waals surface area contributed by atoms with Crippen molar-refractivity contribution in [1.82, 2.24) is 9.80 Å². The van der Waals surface area contributed by atoms with E-state index < -0.39 is 0 Å². The number of nitrogens with zero attached hydrogens (tertiary/aromatic N) is 2. The summed E-state index contributed by atoms with van der Waals surface area (Å²) < 4.78 is 0. The maximum atomic E-state index is 12.2. The number of carbonyl (C=O) groups excluding carboxylic acids is 1. The van der Waals surface area contributed by atoms with Crippen molar-refractivity contribution in [2.45, 2.75) is 64.2 Å². The molecule has 0 aromatic heterocycles. The van der Waals surface area contributed by atoms with Crippen molar-refractivity contribution in [3.8, 4) is 25.7 Å². The van der Waals surface area contributed by atoms with Gasteiger partial charge in [0.15, 0.2) is 0 Å². The average molecular weight is 435 g/mol. The van der Waals surface area contributed by atoms with E-state index in [4.69, 9.17) is 0 Å². The Morgan fingerprint density at radius 1 is 0.781 bits per heavy atom. The molecule has 3 nitrogen and oxygen atoms in total. The van der Waals surface area contributed by atoms with Crippen LogP contribution >= 0.6 is 0 Å². The summed E-state index contributed by atoms with van der Waals surface area (Å²) in [6.07, 6.45) is 29.0. The normalized spacial score (nSPS) is 24.3. The molecule has 4 fully saturated rings. The molecule has 1 amide bonds. The third-order valence-electron chi connectivity index (χ3n) is 7.50. The molecule has 1 aromatic rings. The van der Waals surface area contributed by atoms with Crippen molar-refractivity contribution in [1.29, 1.82) is 0 Å². The molecule has 3 heteroatoms. The summed E-state index contributed by atoms with van der Waals surface area (Å²) in [5.74, 6) is 2.59. The lowest BCUT2D eigenvalue weighted by molar-refractivity contribution is -0.134. The minimum atomic E-state index is 0.392. The SMILES string of the molecule is C#C.C#C.O=C(C1CCCC1)N1CC2CCCC2C1.c1ccc(CCN2CCCC2)cc1. The lowest BCUT2D eigenvalue weighted by Gasteiger charge is -2.21. The van der Waals surface area contributed by atoms with E-state index in [0.717, 1.165) is 37.8 Å². The fourth-order valence-electron chi connectivity index (χ4n) is 5.78. The Hall–Kier alpha value is -2.23. The average Bonchev–Trinajstić information content (AvgIpc) is 3.66. The molecule has 2 aliphatic heterocycles. The van der Waals surface area contributed by atoms with Gasteiger partial charge in [-0.2, -0.15) is 0 Å². The Balaban J connectivity index is 0.000000198. The minimum absolute atomic E-state index is 0.392. The highest BCUT2D eigenvalue weighted by Crippen LogP contribution is 2.39. The minimum Gasteiger partial charge on any atom is -0.342 e. The Morgan fingerprint density at radius 3 is 1.91 bits per heavy atom. The summed E-state index contributed by atoms with van der Waals surface area (Å²) in [5, 5.41) is 0. The third kappa shape index (κ3) is 7.72. The first-order chi connectivity index (χ1) is 15.8. The van der Waals surface area contributed by atoms with Crippen LogP contribution in [0.25, 0.3) is 0 Å². The van der Waals surface area contributed by atoms with Gasteiger partial charge in [-0.1, -0.05) is 49.6 Å². The van der Waals surface area contributed by atoms with E-state index in [2.05, 4.69) is 65.8 Å². The largest absolute Gasteiger partial charge is 0.342 e. The van der Waals surface area contributed by atoms with Gasteiger partial charge in [-0.3, -0.25) is 4.79 Å². The molecule has 2 saturated heterocycles. The summed E-state index contributed by atoms with van der Waals surface area (Å²) in [6, 6.07) is 10.8. The first-order valence-electron chi connectivity index (χ1n) is 12.5. The number of amides is 1. The smallest absolute Gasteiger partial charge is 0.225 e. The van der Waals surface area contributed by atoms with Gasteiger partial charge < -0.3 is 9.80 Å². The van der Waals surface area contributed by atoms with Gasteiger partial charge in [0, 0.05) is 25.6 Å². The van der Waals surface area contributed by atoms with E-state index in [0.29, 0.717) is 11.8 Å². The van der Waals surface area contributed by atoms with Crippen LogP contribution in [-0.2, 0) is 11.2 Å².